The number of nitrogens with zero attached hydrogens (tertiary/aromatic N) is 1. The van der Waals surface area contributed by atoms with Gasteiger partial charge in [0.15, 0.2) is 0 Å². The van der Waals surface area contributed by atoms with Crippen molar-refractivity contribution in [3.8, 4) is 0 Å². The van der Waals surface area contributed by atoms with E-state index in [2.05, 4.69) is 5.32 Å². The van der Waals surface area contributed by atoms with Gasteiger partial charge in [0.25, 0.3) is 5.91 Å². The maximum atomic E-state index is 13.0. The molecule has 0 heterocycles. The van der Waals surface area contributed by atoms with Crippen molar-refractivity contribution < 1.29 is 13.2 Å². The molecule has 7 heteroatoms. The zero-order chi connectivity index (χ0) is 20.9. The number of nitrogens with one attached hydrogen (secondary N) is 1. The summed E-state index contributed by atoms with van der Waals surface area (Å²) in [5.74, 6) is -0.400. The minimum Gasteiger partial charge on any atom is -0.320 e. The van der Waals surface area contributed by atoms with Gasteiger partial charge in [0.1, 0.15) is 0 Å². The number of carbonyl (C=O) groups is 1. The standard InChI is InChI=1S/C21H27ClN2O3S/c1-5-10-24(11-6-2)28(26,27)18-9-7-8-17(14-18)21(25)23-20-16(4)12-15(3)13-19(20)22/h7-9,12-14H,5-6,10-11H2,1-4H3,(H,23,25). The van der Waals surface area contributed by atoms with Crippen molar-refractivity contribution in [2.24, 2.45) is 0 Å². The molecule has 0 unspecified atom stereocenters. The number of amides is 1. The van der Waals surface area contributed by atoms with E-state index >= 15 is 0 Å². The van der Waals surface area contributed by atoms with Crippen LogP contribution in [0.2, 0.25) is 5.02 Å². The summed E-state index contributed by atoms with van der Waals surface area (Å²) in [6.45, 7) is 8.57. The van der Waals surface area contributed by atoms with Crippen molar-refractivity contribution >= 4 is 33.2 Å². The Bertz CT molecular complexity index is 929. The van der Waals surface area contributed by atoms with Crippen LogP contribution in [0.4, 0.5) is 5.69 Å². The number of rotatable bonds is 8. The van der Waals surface area contributed by atoms with E-state index in [9.17, 15) is 13.2 Å². The summed E-state index contributed by atoms with van der Waals surface area (Å²) in [5.41, 5.74) is 2.65. The molecule has 2 aromatic carbocycles. The van der Waals surface area contributed by atoms with E-state index in [4.69, 9.17) is 11.6 Å². The Morgan fingerprint density at radius 2 is 1.71 bits per heavy atom. The van der Waals surface area contributed by atoms with Crippen LogP contribution in [0.25, 0.3) is 0 Å². The van der Waals surface area contributed by atoms with Crippen molar-refractivity contribution in [2.75, 3.05) is 18.4 Å². The summed E-state index contributed by atoms with van der Waals surface area (Å²) in [6.07, 6.45) is 1.45. The molecule has 1 N–H and O–H groups in total. The Morgan fingerprint density at radius 3 is 2.29 bits per heavy atom. The predicted octanol–water partition coefficient (Wildman–Crippen LogP) is 5.02. The van der Waals surface area contributed by atoms with Crippen molar-refractivity contribution in [1.29, 1.82) is 0 Å². The second-order valence-corrected chi connectivity index (χ2v) is 9.17. The van der Waals surface area contributed by atoms with Crippen molar-refractivity contribution in [1.82, 2.24) is 4.31 Å². The Hall–Kier alpha value is -1.89. The first-order chi connectivity index (χ1) is 13.2. The van der Waals surface area contributed by atoms with Crippen LogP contribution >= 0.6 is 11.6 Å². The van der Waals surface area contributed by atoms with Gasteiger partial charge in [0.2, 0.25) is 10.0 Å². The Balaban J connectivity index is 2.33. The Labute approximate surface area is 172 Å². The average Bonchev–Trinajstić information content (AvgIpc) is 2.64. The molecule has 152 valence electrons. The summed E-state index contributed by atoms with van der Waals surface area (Å²) in [4.78, 5) is 12.8. The van der Waals surface area contributed by atoms with Gasteiger partial charge in [-0.15, -0.1) is 0 Å². The van der Waals surface area contributed by atoms with Gasteiger partial charge in [0, 0.05) is 18.7 Å². The molecular weight excluding hydrogens is 396 g/mol. The maximum absolute atomic E-state index is 13.0. The normalized spacial score (nSPS) is 11.6. The summed E-state index contributed by atoms with van der Waals surface area (Å²) in [5, 5.41) is 3.25. The minimum absolute atomic E-state index is 0.119. The van der Waals surface area contributed by atoms with Crippen LogP contribution in [-0.2, 0) is 10.0 Å². The second kappa shape index (κ2) is 9.54. The highest BCUT2D eigenvalue weighted by atomic mass is 35.5. The van der Waals surface area contributed by atoms with Crippen molar-refractivity contribution in [2.45, 2.75) is 45.4 Å². The molecule has 2 aromatic rings. The fourth-order valence-electron chi connectivity index (χ4n) is 3.06. The summed E-state index contributed by atoms with van der Waals surface area (Å²) in [6, 6.07) is 9.82. The molecule has 1 amide bonds. The molecular formula is C21H27ClN2O3S. The monoisotopic (exact) mass is 422 g/mol. The summed E-state index contributed by atoms with van der Waals surface area (Å²) >= 11 is 6.26. The third kappa shape index (κ3) is 5.13. The number of hydrogen-bond donors (Lipinski definition) is 1. The topological polar surface area (TPSA) is 66.5 Å². The molecule has 0 radical (unpaired) electrons. The van der Waals surface area contributed by atoms with Gasteiger partial charge in [-0.25, -0.2) is 8.42 Å². The molecule has 0 bridgehead atoms. The smallest absolute Gasteiger partial charge is 0.255 e. The molecule has 0 aromatic heterocycles. The van der Waals surface area contributed by atoms with Crippen LogP contribution in [-0.4, -0.2) is 31.7 Å². The van der Waals surface area contributed by atoms with Crippen LogP contribution in [0, 0.1) is 13.8 Å². The summed E-state index contributed by atoms with van der Waals surface area (Å²) < 4.78 is 27.4. The van der Waals surface area contributed by atoms with Crippen molar-refractivity contribution in [3.63, 3.8) is 0 Å². The number of carbonyl (C=O) groups excluding carboxylic acids is 1. The van der Waals surface area contributed by atoms with Gasteiger partial charge in [-0.1, -0.05) is 37.6 Å². The van der Waals surface area contributed by atoms with E-state index in [0.29, 0.717) is 23.8 Å². The fraction of sp³-hybridized carbons (Fsp3) is 0.381. The number of hydrogen-bond acceptors (Lipinski definition) is 3. The molecule has 0 saturated carbocycles. The fourth-order valence-corrected chi connectivity index (χ4v) is 5.10. The lowest BCUT2D eigenvalue weighted by Gasteiger charge is -2.21. The molecule has 2 rings (SSSR count). The minimum atomic E-state index is -3.65. The van der Waals surface area contributed by atoms with E-state index in [-0.39, 0.29) is 10.5 Å². The lowest BCUT2D eigenvalue weighted by molar-refractivity contribution is 0.102. The van der Waals surface area contributed by atoms with E-state index < -0.39 is 15.9 Å². The van der Waals surface area contributed by atoms with E-state index in [1.807, 2.05) is 33.8 Å². The lowest BCUT2D eigenvalue weighted by Crippen LogP contribution is -2.32. The Morgan fingerprint density at radius 1 is 1.07 bits per heavy atom. The van der Waals surface area contributed by atoms with Crippen LogP contribution < -0.4 is 5.32 Å². The third-order valence-electron chi connectivity index (χ3n) is 4.35. The van der Waals surface area contributed by atoms with Crippen LogP contribution in [0.5, 0.6) is 0 Å². The highest BCUT2D eigenvalue weighted by Gasteiger charge is 2.24. The van der Waals surface area contributed by atoms with Gasteiger partial charge in [-0.3, -0.25) is 4.79 Å². The van der Waals surface area contributed by atoms with Crippen LogP contribution in [0.15, 0.2) is 41.3 Å². The number of sulfonamides is 1. The quantitative estimate of drug-likeness (QED) is 0.649. The lowest BCUT2D eigenvalue weighted by atomic mass is 10.1. The van der Waals surface area contributed by atoms with Crippen LogP contribution in [0.3, 0.4) is 0 Å². The maximum Gasteiger partial charge on any atom is 0.255 e. The van der Waals surface area contributed by atoms with Gasteiger partial charge in [-0.05, 0) is 62.1 Å². The van der Waals surface area contributed by atoms with Gasteiger partial charge >= 0.3 is 0 Å². The first-order valence-electron chi connectivity index (χ1n) is 9.39. The van der Waals surface area contributed by atoms with E-state index in [1.54, 1.807) is 18.2 Å². The average molecular weight is 423 g/mol. The summed E-state index contributed by atoms with van der Waals surface area (Å²) in [7, 11) is -3.65. The van der Waals surface area contributed by atoms with Crippen molar-refractivity contribution in [3.05, 3.63) is 58.1 Å². The van der Waals surface area contributed by atoms with Crippen LogP contribution in [0.1, 0.15) is 48.2 Å². The van der Waals surface area contributed by atoms with E-state index in [0.717, 1.165) is 24.0 Å². The third-order valence-corrected chi connectivity index (χ3v) is 6.54. The molecule has 0 atom stereocenters. The predicted molar refractivity (Wildman–Crippen MR) is 115 cm³/mol. The first-order valence-corrected chi connectivity index (χ1v) is 11.2. The molecule has 0 aliphatic rings. The largest absolute Gasteiger partial charge is 0.320 e. The molecule has 0 fully saturated rings. The molecule has 0 aliphatic heterocycles. The molecule has 28 heavy (non-hydrogen) atoms. The number of benzene rings is 2. The molecule has 0 saturated heterocycles. The highest BCUT2D eigenvalue weighted by molar-refractivity contribution is 7.89. The van der Waals surface area contributed by atoms with Gasteiger partial charge in [0.05, 0.1) is 15.6 Å². The zero-order valence-corrected chi connectivity index (χ0v) is 18.3. The molecule has 0 aliphatic carbocycles. The number of anilines is 1. The van der Waals surface area contributed by atoms with Gasteiger partial charge < -0.3 is 5.32 Å². The van der Waals surface area contributed by atoms with Gasteiger partial charge in [-0.2, -0.15) is 4.31 Å². The molecule has 0 spiro atoms. The zero-order valence-electron chi connectivity index (χ0n) is 16.8. The Kier molecular flexibility index (Phi) is 7.63. The highest BCUT2D eigenvalue weighted by Crippen LogP contribution is 2.28. The second-order valence-electron chi connectivity index (χ2n) is 6.82. The molecule has 5 nitrogen and oxygen atoms in total. The first kappa shape index (κ1) is 22.4. The number of aryl methyl sites for hydroxylation is 2. The van der Waals surface area contributed by atoms with E-state index in [1.165, 1.54) is 16.4 Å². The number of halogens is 1. The SMILES string of the molecule is CCCN(CCC)S(=O)(=O)c1cccc(C(=O)Nc2c(C)cc(C)cc2Cl)c1.